The first-order valence-corrected chi connectivity index (χ1v) is 5.25. The van der Waals surface area contributed by atoms with Crippen molar-refractivity contribution in [2.45, 2.75) is 0 Å². The molecule has 16 heavy (non-hydrogen) atoms. The normalized spacial score (nSPS) is 11.6. The van der Waals surface area contributed by atoms with E-state index in [2.05, 4.69) is 0 Å². The van der Waals surface area contributed by atoms with Gasteiger partial charge in [-0.1, -0.05) is 0 Å². The summed E-state index contributed by atoms with van der Waals surface area (Å²) in [5.41, 5.74) is 0.554. The van der Waals surface area contributed by atoms with Crippen LogP contribution in [-0.4, -0.2) is 9.79 Å². The second-order valence-corrected chi connectivity index (χ2v) is 3.94. The number of hydrazine groups is 1. The molecule has 0 atom stereocenters. The fourth-order valence-electron chi connectivity index (χ4n) is 0.797. The number of halogens is 4. The molecular weight excluding hydrogens is 255 g/mol. The first-order chi connectivity index (χ1) is 7.22. The van der Waals surface area contributed by atoms with Crippen LogP contribution in [0.4, 0.5) is 23.2 Å². The molecule has 0 aliphatic rings. The third kappa shape index (κ3) is 2.92. The monoisotopic (exact) mass is 260 g/mol. The van der Waals surface area contributed by atoms with Gasteiger partial charge in [0.2, 0.25) is 0 Å². The van der Waals surface area contributed by atoms with E-state index in [1.54, 1.807) is 0 Å². The molecule has 90 valence electrons. The van der Waals surface area contributed by atoms with Gasteiger partial charge in [-0.3, -0.25) is 0 Å². The van der Waals surface area contributed by atoms with Gasteiger partial charge in [-0.25, -0.2) is 22.1 Å². The molecule has 1 aromatic rings. The first kappa shape index (κ1) is 12.9. The summed E-state index contributed by atoms with van der Waals surface area (Å²) >= 11 is 0. The maximum atomic E-state index is 12.9. The molecule has 0 fully saturated rings. The number of hydrogen-bond donors (Lipinski definition) is 4. The fourth-order valence-corrected chi connectivity index (χ4v) is 1.06. The van der Waals surface area contributed by atoms with E-state index in [0.717, 1.165) is 0 Å². The van der Waals surface area contributed by atoms with Crippen LogP contribution in [0.5, 0.6) is 0 Å². The largest absolute Gasteiger partial charge is 0.417 e. The Balaban J connectivity index is 3.02. The second-order valence-electron chi connectivity index (χ2n) is 2.63. The van der Waals surface area contributed by atoms with E-state index < -0.39 is 36.7 Å². The molecule has 0 saturated carbocycles. The molecule has 0 spiro atoms. The van der Waals surface area contributed by atoms with E-state index in [1.165, 1.54) is 10.6 Å². The third-order valence-electron chi connectivity index (χ3n) is 1.44. The highest BCUT2D eigenvalue weighted by Crippen LogP contribution is 2.29. The van der Waals surface area contributed by atoms with Crippen molar-refractivity contribution in [3.8, 4) is 0 Å². The van der Waals surface area contributed by atoms with Crippen molar-refractivity contribution >= 4 is 13.4 Å². The summed E-state index contributed by atoms with van der Waals surface area (Å²) in [5, 5.41) is 1.27. The van der Waals surface area contributed by atoms with Crippen LogP contribution in [0.3, 0.4) is 0 Å². The minimum atomic E-state index is -4.76. The molecule has 0 saturated heterocycles. The van der Waals surface area contributed by atoms with E-state index in [0.29, 0.717) is 0 Å². The lowest BCUT2D eigenvalue weighted by molar-refractivity contribution is 0.361. The third-order valence-corrected chi connectivity index (χ3v) is 1.84. The summed E-state index contributed by atoms with van der Waals surface area (Å²) in [6, 6.07) is 0.205. The highest BCUT2D eigenvalue weighted by atomic mass is 31.2. The number of benzene rings is 1. The summed E-state index contributed by atoms with van der Waals surface area (Å²) in [6.45, 7) is 0. The van der Waals surface area contributed by atoms with E-state index in [4.69, 9.17) is 9.79 Å². The van der Waals surface area contributed by atoms with Crippen LogP contribution in [0.25, 0.3) is 0 Å². The average molecular weight is 260 g/mol. The van der Waals surface area contributed by atoms with E-state index >= 15 is 0 Å². The second kappa shape index (κ2) is 4.38. The Labute approximate surface area is 86.3 Å². The summed E-state index contributed by atoms with van der Waals surface area (Å²) in [6.07, 6.45) is 0. The maximum absolute atomic E-state index is 12.9. The van der Waals surface area contributed by atoms with Gasteiger partial charge in [0.05, 0.1) is 5.69 Å². The molecule has 0 bridgehead atoms. The van der Waals surface area contributed by atoms with Gasteiger partial charge in [-0.15, -0.1) is 5.20 Å². The highest BCUT2D eigenvalue weighted by Gasteiger charge is 2.20. The molecule has 0 radical (unpaired) electrons. The predicted molar refractivity (Wildman–Crippen MR) is 45.1 cm³/mol. The molecule has 10 heteroatoms. The summed E-state index contributed by atoms with van der Waals surface area (Å²) < 4.78 is 60.8. The van der Waals surface area contributed by atoms with Gasteiger partial charge in [0.1, 0.15) is 0 Å². The molecule has 5 nitrogen and oxygen atoms in total. The zero-order valence-electron chi connectivity index (χ0n) is 7.34. The van der Waals surface area contributed by atoms with Crippen molar-refractivity contribution < 1.29 is 31.9 Å². The summed E-state index contributed by atoms with van der Waals surface area (Å²) in [5.74, 6) is -7.61. The van der Waals surface area contributed by atoms with Gasteiger partial charge < -0.3 is 15.2 Å². The van der Waals surface area contributed by atoms with Crippen molar-refractivity contribution in [1.82, 2.24) is 5.20 Å². The van der Waals surface area contributed by atoms with Crippen molar-refractivity contribution in [2.24, 2.45) is 0 Å². The standard InChI is InChI=1S/C6H5F4N2O3P/c7-2-1-3(11-12-16(13,14)15)5(9)6(10)4(2)8/h1,11H,(H3,12,13,14,15). The van der Waals surface area contributed by atoms with Crippen LogP contribution >= 0.6 is 7.75 Å². The maximum Gasteiger partial charge on any atom is 0.417 e. The van der Waals surface area contributed by atoms with Crippen LogP contribution in [-0.2, 0) is 4.57 Å². The molecule has 0 aliphatic heterocycles. The minimum absolute atomic E-state index is 0.205. The predicted octanol–water partition coefficient (Wildman–Crippen LogP) is 1.25. The van der Waals surface area contributed by atoms with Crippen LogP contribution in [0.1, 0.15) is 0 Å². The summed E-state index contributed by atoms with van der Waals surface area (Å²) in [4.78, 5) is 16.6. The zero-order valence-corrected chi connectivity index (χ0v) is 8.23. The molecule has 1 rings (SSSR count). The van der Waals surface area contributed by atoms with E-state index in [1.807, 2.05) is 0 Å². The Morgan fingerprint density at radius 2 is 1.62 bits per heavy atom. The van der Waals surface area contributed by atoms with Crippen LogP contribution < -0.4 is 10.6 Å². The fraction of sp³-hybridized carbons (Fsp3) is 0. The van der Waals surface area contributed by atoms with Gasteiger partial charge in [0, 0.05) is 6.07 Å². The lowest BCUT2D eigenvalue weighted by Gasteiger charge is -2.10. The van der Waals surface area contributed by atoms with Crippen LogP contribution in [0, 0.1) is 23.3 Å². The molecule has 0 unspecified atom stereocenters. The van der Waals surface area contributed by atoms with E-state index in [-0.39, 0.29) is 6.07 Å². The number of rotatable bonds is 3. The molecular formula is C6H5F4N2O3P. The first-order valence-electron chi connectivity index (χ1n) is 3.64. The van der Waals surface area contributed by atoms with Gasteiger partial charge in [0.15, 0.2) is 23.3 Å². The zero-order chi connectivity index (χ0) is 12.5. The quantitative estimate of drug-likeness (QED) is 0.216. The Bertz CT molecular complexity index is 464. The number of nitrogens with one attached hydrogen (secondary N) is 2. The Hall–Kier alpha value is -1.15. The van der Waals surface area contributed by atoms with Gasteiger partial charge in [-0.2, -0.15) is 0 Å². The molecule has 0 aromatic heterocycles. The highest BCUT2D eigenvalue weighted by molar-refractivity contribution is 7.49. The van der Waals surface area contributed by atoms with Gasteiger partial charge in [-0.05, 0) is 0 Å². The lowest BCUT2D eigenvalue weighted by Crippen LogP contribution is -2.19. The molecule has 0 amide bonds. The van der Waals surface area contributed by atoms with E-state index in [9.17, 15) is 22.1 Å². The Kier molecular flexibility index (Phi) is 3.54. The smallest absolute Gasteiger partial charge is 0.311 e. The van der Waals surface area contributed by atoms with Crippen molar-refractivity contribution in [3.05, 3.63) is 29.3 Å². The van der Waals surface area contributed by atoms with Gasteiger partial charge in [0.25, 0.3) is 0 Å². The lowest BCUT2D eigenvalue weighted by atomic mass is 10.3. The SMILES string of the molecule is O=P(O)(O)NNc1cc(F)c(F)c(F)c1F. The minimum Gasteiger partial charge on any atom is -0.311 e. The van der Waals surface area contributed by atoms with Crippen LogP contribution in [0.15, 0.2) is 6.07 Å². The average Bonchev–Trinajstić information content (AvgIpc) is 2.17. The van der Waals surface area contributed by atoms with Crippen molar-refractivity contribution in [2.75, 3.05) is 5.43 Å². The Morgan fingerprint density at radius 3 is 2.12 bits per heavy atom. The Morgan fingerprint density at radius 1 is 1.06 bits per heavy atom. The number of anilines is 1. The molecule has 4 N–H and O–H groups in total. The molecule has 0 aliphatic carbocycles. The van der Waals surface area contributed by atoms with Crippen LogP contribution in [0.2, 0.25) is 0 Å². The van der Waals surface area contributed by atoms with Gasteiger partial charge >= 0.3 is 7.75 Å². The van der Waals surface area contributed by atoms with Crippen molar-refractivity contribution in [3.63, 3.8) is 0 Å². The number of hydrogen-bond acceptors (Lipinski definition) is 2. The molecule has 1 aromatic carbocycles. The summed E-state index contributed by atoms with van der Waals surface area (Å²) in [7, 11) is -4.76. The van der Waals surface area contributed by atoms with Crippen molar-refractivity contribution in [1.29, 1.82) is 0 Å². The topological polar surface area (TPSA) is 81.6 Å². The molecule has 0 heterocycles.